The van der Waals surface area contributed by atoms with E-state index in [1.165, 1.54) is 31.3 Å². The Balaban J connectivity index is 0.00000380. The number of hydrogen-bond donors (Lipinski definition) is 2. The number of esters is 1. The lowest BCUT2D eigenvalue weighted by Gasteiger charge is -2.58. The van der Waals surface area contributed by atoms with Crippen molar-refractivity contribution in [2.75, 3.05) is 0 Å². The number of carbonyl (C=O) groups excluding carboxylic acids is 1. The number of aliphatic carboxylic acids is 1. The Morgan fingerprint density at radius 2 is 1.76 bits per heavy atom. The van der Waals surface area contributed by atoms with Crippen molar-refractivity contribution in [3.63, 3.8) is 0 Å². The molecule has 0 radical (unpaired) electrons. The number of hydrogen-bond acceptors (Lipinski definition) is 4. The summed E-state index contributed by atoms with van der Waals surface area (Å²) in [5.41, 5.74) is 2.11. The van der Waals surface area contributed by atoms with Gasteiger partial charge in [0.05, 0.1) is 18.9 Å². The van der Waals surface area contributed by atoms with Crippen molar-refractivity contribution < 1.29 is 24.5 Å². The molecule has 0 saturated heterocycles. The van der Waals surface area contributed by atoms with Gasteiger partial charge in [-0.25, -0.2) is 0 Å². The van der Waals surface area contributed by atoms with Crippen LogP contribution >= 0.6 is 0 Å². The van der Waals surface area contributed by atoms with E-state index >= 15 is 0 Å². The van der Waals surface area contributed by atoms with E-state index in [1.54, 1.807) is 0 Å². The maximum Gasteiger partial charge on any atom is 0.306 e. The van der Waals surface area contributed by atoms with Crippen LogP contribution in [-0.2, 0) is 14.3 Å². The molecule has 0 amide bonds. The normalized spacial score (nSPS) is 38.4. The van der Waals surface area contributed by atoms with Crippen molar-refractivity contribution in [2.45, 2.75) is 131 Å². The Bertz CT molecular complexity index is 848. The van der Waals surface area contributed by atoms with E-state index in [-0.39, 0.29) is 43.9 Å². The molecule has 9 atom stereocenters. The van der Waals surface area contributed by atoms with Crippen LogP contribution in [0.1, 0.15) is 119 Å². The third kappa shape index (κ3) is 5.97. The predicted octanol–water partition coefficient (Wildman–Crippen LogP) is 7.41. The molecule has 4 unspecified atom stereocenters. The second-order valence-electron chi connectivity index (χ2n) is 13.6. The van der Waals surface area contributed by atoms with Crippen molar-refractivity contribution in [1.29, 1.82) is 0 Å². The topological polar surface area (TPSA) is 83.8 Å². The molecule has 212 valence electrons. The molecule has 3 fully saturated rings. The van der Waals surface area contributed by atoms with Crippen molar-refractivity contribution in [2.24, 2.45) is 46.3 Å². The molecule has 0 heterocycles. The lowest BCUT2D eigenvalue weighted by molar-refractivity contribution is -0.154. The Morgan fingerprint density at radius 3 is 2.43 bits per heavy atom. The molecule has 0 spiro atoms. The maximum atomic E-state index is 12.1. The maximum absolute atomic E-state index is 12.1. The lowest BCUT2D eigenvalue weighted by atomic mass is 9.47. The molecule has 4 aliphatic carbocycles. The van der Waals surface area contributed by atoms with Crippen molar-refractivity contribution in [3.8, 4) is 0 Å². The van der Waals surface area contributed by atoms with E-state index in [0.717, 1.165) is 62.2 Å². The zero-order valence-electron chi connectivity index (χ0n) is 23.3. The standard InChI is InChI=1S/C31H50O5.CH4/c1-19(2)27(32)11-6-20(3)24-9-10-25-23-8-7-21-18-22(36-29(35)13-12-28(33)34)14-16-30(21,4)26(23)15-17-31(24,25)5;/h7,19-20,22-27,32H,6,8-18H2,1-5H3,(H,33,34);1H4/t20?,22-,23?,24+,25?,26?,27-,30-,31+;/m0./s1. The number of carboxylic acid groups (broad SMARTS) is 1. The molecule has 37 heavy (non-hydrogen) atoms. The number of ether oxygens (including phenoxy) is 1. The first-order valence-electron chi connectivity index (χ1n) is 14.7. The van der Waals surface area contributed by atoms with Crippen LogP contribution in [0.3, 0.4) is 0 Å². The van der Waals surface area contributed by atoms with Gasteiger partial charge in [-0.3, -0.25) is 9.59 Å². The fourth-order valence-electron chi connectivity index (χ4n) is 9.13. The van der Waals surface area contributed by atoms with Gasteiger partial charge >= 0.3 is 11.9 Å². The fraction of sp³-hybridized carbons (Fsp3) is 0.875. The summed E-state index contributed by atoms with van der Waals surface area (Å²) in [6.45, 7) is 11.7. The molecule has 5 heteroatoms. The minimum Gasteiger partial charge on any atom is -0.481 e. The van der Waals surface area contributed by atoms with Crippen LogP contribution in [0.15, 0.2) is 11.6 Å². The predicted molar refractivity (Wildman–Crippen MR) is 148 cm³/mol. The first kappa shape index (κ1) is 30.2. The van der Waals surface area contributed by atoms with Gasteiger partial charge in [0.1, 0.15) is 6.10 Å². The molecule has 0 aromatic rings. The minimum atomic E-state index is -0.954. The first-order chi connectivity index (χ1) is 17.0. The number of rotatable bonds is 9. The Kier molecular flexibility index (Phi) is 9.63. The number of carbonyl (C=O) groups is 2. The second kappa shape index (κ2) is 11.8. The van der Waals surface area contributed by atoms with Crippen LogP contribution < -0.4 is 0 Å². The largest absolute Gasteiger partial charge is 0.481 e. The van der Waals surface area contributed by atoms with Crippen molar-refractivity contribution in [1.82, 2.24) is 0 Å². The van der Waals surface area contributed by atoms with Crippen LogP contribution in [0.4, 0.5) is 0 Å². The van der Waals surface area contributed by atoms with E-state index in [1.807, 2.05) is 0 Å². The summed E-state index contributed by atoms with van der Waals surface area (Å²) in [5, 5.41) is 19.2. The van der Waals surface area contributed by atoms with Gasteiger partial charge in [-0.2, -0.15) is 0 Å². The Labute approximate surface area is 225 Å². The second-order valence-corrected chi connectivity index (χ2v) is 13.6. The molecule has 5 nitrogen and oxygen atoms in total. The van der Waals surface area contributed by atoms with Crippen LogP contribution in [0, 0.1) is 46.3 Å². The average molecular weight is 519 g/mol. The van der Waals surface area contributed by atoms with Gasteiger partial charge in [-0.1, -0.05) is 53.7 Å². The number of allylic oxidation sites excluding steroid dienone is 1. The SMILES string of the molecule is C.CC(CC[C@H](O)C(C)C)[C@H]1CCC2C3CC=C4C[C@@H](OC(=O)CCC(=O)O)CC[C@]4(C)C3CC[C@@]21C. The van der Waals surface area contributed by atoms with Crippen molar-refractivity contribution >= 4 is 11.9 Å². The summed E-state index contributed by atoms with van der Waals surface area (Å²) in [6, 6.07) is 0. The molecule has 4 aliphatic rings. The number of aliphatic hydroxyl groups is 1. The lowest BCUT2D eigenvalue weighted by Crippen LogP contribution is -2.51. The zero-order valence-corrected chi connectivity index (χ0v) is 23.3. The van der Waals surface area contributed by atoms with Gasteiger partial charge in [0.25, 0.3) is 0 Å². The third-order valence-corrected chi connectivity index (χ3v) is 11.3. The summed E-state index contributed by atoms with van der Waals surface area (Å²) in [4.78, 5) is 22.9. The molecular weight excluding hydrogens is 464 g/mol. The summed E-state index contributed by atoms with van der Waals surface area (Å²) in [5.74, 6) is 2.71. The molecule has 0 bridgehead atoms. The molecule has 0 aromatic heterocycles. The van der Waals surface area contributed by atoms with Crippen LogP contribution in [0.2, 0.25) is 0 Å². The minimum absolute atomic E-state index is 0. The number of aliphatic hydroxyl groups excluding tert-OH is 1. The highest BCUT2D eigenvalue weighted by Gasteiger charge is 2.59. The van der Waals surface area contributed by atoms with Gasteiger partial charge in [0.2, 0.25) is 0 Å². The smallest absolute Gasteiger partial charge is 0.306 e. The van der Waals surface area contributed by atoms with E-state index in [0.29, 0.717) is 17.3 Å². The summed E-state index contributed by atoms with van der Waals surface area (Å²) in [7, 11) is 0. The monoisotopic (exact) mass is 518 g/mol. The molecule has 0 aromatic carbocycles. The quantitative estimate of drug-likeness (QED) is 0.245. The van der Waals surface area contributed by atoms with Crippen LogP contribution in [-0.4, -0.2) is 34.4 Å². The molecule has 2 N–H and O–H groups in total. The summed E-state index contributed by atoms with van der Waals surface area (Å²) in [6.07, 6.45) is 13.3. The van der Waals surface area contributed by atoms with Crippen LogP contribution in [0.5, 0.6) is 0 Å². The van der Waals surface area contributed by atoms with E-state index in [4.69, 9.17) is 9.84 Å². The Morgan fingerprint density at radius 1 is 1.03 bits per heavy atom. The van der Waals surface area contributed by atoms with Crippen LogP contribution in [0.25, 0.3) is 0 Å². The van der Waals surface area contributed by atoms with E-state index < -0.39 is 5.97 Å². The van der Waals surface area contributed by atoms with E-state index in [2.05, 4.69) is 40.7 Å². The number of carboxylic acids is 1. The zero-order chi connectivity index (χ0) is 26.3. The van der Waals surface area contributed by atoms with Gasteiger partial charge < -0.3 is 14.9 Å². The van der Waals surface area contributed by atoms with Gasteiger partial charge in [-0.15, -0.1) is 0 Å². The first-order valence-corrected chi connectivity index (χ1v) is 14.7. The van der Waals surface area contributed by atoms with Gasteiger partial charge in [0, 0.05) is 6.42 Å². The van der Waals surface area contributed by atoms with Gasteiger partial charge in [0.15, 0.2) is 0 Å². The summed E-state index contributed by atoms with van der Waals surface area (Å²) < 4.78 is 5.69. The fourth-order valence-corrected chi connectivity index (χ4v) is 9.13. The third-order valence-electron chi connectivity index (χ3n) is 11.3. The molecule has 0 aliphatic heterocycles. The van der Waals surface area contributed by atoms with Gasteiger partial charge in [-0.05, 0) is 104 Å². The number of fused-ring (bicyclic) bond motifs is 5. The molecule has 4 rings (SSSR count). The highest BCUT2D eigenvalue weighted by atomic mass is 16.5. The highest BCUT2D eigenvalue weighted by molar-refractivity contribution is 5.76. The van der Waals surface area contributed by atoms with Crippen molar-refractivity contribution in [3.05, 3.63) is 11.6 Å². The Hall–Kier alpha value is -1.36. The van der Waals surface area contributed by atoms with E-state index in [9.17, 15) is 14.7 Å². The summed E-state index contributed by atoms with van der Waals surface area (Å²) >= 11 is 0. The highest BCUT2D eigenvalue weighted by Crippen LogP contribution is 2.67. The average Bonchev–Trinajstić information content (AvgIpc) is 3.18. The molecular formula is C32H54O5. The molecule has 3 saturated carbocycles.